The number of nitrogens with zero attached hydrogens (tertiary/aromatic N) is 1. The number of aliphatic hydroxyl groups excluding tert-OH is 1. The number of hydrogen-bond donors (Lipinski definition) is 2. The molecule has 2 N–H and O–H groups in total. The molecule has 0 aromatic heterocycles. The van der Waals surface area contributed by atoms with E-state index in [9.17, 15) is 18.3 Å². The Labute approximate surface area is 240 Å². The molecule has 0 saturated carbocycles. The molecule has 220 valence electrons. The first-order valence-corrected chi connectivity index (χ1v) is 14.6. The lowest BCUT2D eigenvalue weighted by Crippen LogP contribution is -2.51. The number of aliphatic hydroxyl groups is 1. The van der Waals surface area contributed by atoms with E-state index in [-0.39, 0.29) is 31.2 Å². The van der Waals surface area contributed by atoms with Gasteiger partial charge < -0.3 is 29.4 Å². The quantitative estimate of drug-likeness (QED) is 0.345. The van der Waals surface area contributed by atoms with Crippen LogP contribution < -0.4 is 19.5 Å². The average Bonchev–Trinajstić information content (AvgIpc) is 3.40. The van der Waals surface area contributed by atoms with Crippen LogP contribution in [0.3, 0.4) is 0 Å². The van der Waals surface area contributed by atoms with Crippen LogP contribution in [0, 0.1) is 0 Å². The van der Waals surface area contributed by atoms with Crippen molar-refractivity contribution in [3.63, 3.8) is 0 Å². The summed E-state index contributed by atoms with van der Waals surface area (Å²) in [6.07, 6.45) is -1.75. The average molecular weight is 585 g/mol. The van der Waals surface area contributed by atoms with E-state index in [1.54, 1.807) is 51.1 Å². The molecule has 1 amide bonds. The Morgan fingerprint density at radius 1 is 1.00 bits per heavy atom. The van der Waals surface area contributed by atoms with Crippen molar-refractivity contribution in [2.24, 2.45) is 0 Å². The molecular weight excluding hydrogens is 548 g/mol. The number of fused-ring (bicyclic) bond motifs is 1. The molecule has 41 heavy (non-hydrogen) atoms. The van der Waals surface area contributed by atoms with E-state index in [4.69, 9.17) is 18.9 Å². The summed E-state index contributed by atoms with van der Waals surface area (Å²) in [5.74, 6) is 1.59. The highest BCUT2D eigenvalue weighted by Gasteiger charge is 2.32. The smallest absolute Gasteiger partial charge is 0.407 e. The number of carbonyl (C=O) groups is 1. The van der Waals surface area contributed by atoms with Crippen molar-refractivity contribution in [1.82, 2.24) is 9.62 Å². The monoisotopic (exact) mass is 584 g/mol. The molecule has 0 bridgehead atoms. The maximum atomic E-state index is 13.9. The first kappa shape index (κ1) is 30.2. The zero-order valence-electron chi connectivity index (χ0n) is 23.6. The van der Waals surface area contributed by atoms with Crippen LogP contribution >= 0.6 is 0 Å². The standard InChI is InChI=1S/C30H36N2O8S/c1-30(2,3)40-29(34)31-25(16-21-8-6-5-7-9-21)26(33)19-32(18-22-10-15-27-28(17-22)39-20-38-27)41(35,36)24-13-11-23(37-4)12-14-24/h5-15,17,25-26,33H,16,18-20H2,1-4H3,(H,31,34)/t25-,26+/m0/s1. The number of nitrogens with one attached hydrogen (secondary N) is 1. The second-order valence-corrected chi connectivity index (χ2v) is 12.6. The van der Waals surface area contributed by atoms with E-state index >= 15 is 0 Å². The third kappa shape index (κ3) is 8.12. The lowest BCUT2D eigenvalue weighted by molar-refractivity contribution is 0.0400. The molecule has 2 atom stereocenters. The summed E-state index contributed by atoms with van der Waals surface area (Å²) < 4.78 is 50.5. The highest BCUT2D eigenvalue weighted by molar-refractivity contribution is 7.89. The van der Waals surface area contributed by atoms with Gasteiger partial charge in [0, 0.05) is 13.1 Å². The van der Waals surface area contributed by atoms with E-state index in [0.29, 0.717) is 22.8 Å². The van der Waals surface area contributed by atoms with Gasteiger partial charge in [0.1, 0.15) is 11.4 Å². The van der Waals surface area contributed by atoms with Gasteiger partial charge in [0.05, 0.1) is 24.2 Å². The number of rotatable bonds is 11. The second-order valence-electron chi connectivity index (χ2n) is 10.7. The fraction of sp³-hybridized carbons (Fsp3) is 0.367. The first-order valence-electron chi connectivity index (χ1n) is 13.2. The topological polar surface area (TPSA) is 124 Å². The van der Waals surface area contributed by atoms with Gasteiger partial charge in [0.25, 0.3) is 0 Å². The van der Waals surface area contributed by atoms with Crippen molar-refractivity contribution in [2.45, 2.75) is 56.4 Å². The van der Waals surface area contributed by atoms with Gasteiger partial charge in [0.15, 0.2) is 11.5 Å². The van der Waals surface area contributed by atoms with Crippen molar-refractivity contribution in [3.05, 3.63) is 83.9 Å². The predicted octanol–water partition coefficient (Wildman–Crippen LogP) is 4.11. The van der Waals surface area contributed by atoms with E-state index in [1.807, 2.05) is 30.3 Å². The van der Waals surface area contributed by atoms with Crippen molar-refractivity contribution in [1.29, 1.82) is 0 Å². The predicted molar refractivity (Wildman–Crippen MR) is 152 cm³/mol. The molecule has 3 aromatic carbocycles. The molecule has 10 nitrogen and oxygen atoms in total. The summed E-state index contributed by atoms with van der Waals surface area (Å²) in [7, 11) is -2.60. The van der Waals surface area contributed by atoms with Gasteiger partial charge in [-0.1, -0.05) is 36.4 Å². The minimum Gasteiger partial charge on any atom is -0.497 e. The molecule has 1 heterocycles. The Hall–Kier alpha value is -3.80. The largest absolute Gasteiger partial charge is 0.497 e. The van der Waals surface area contributed by atoms with Gasteiger partial charge in [-0.15, -0.1) is 0 Å². The van der Waals surface area contributed by atoms with Gasteiger partial charge in [-0.3, -0.25) is 0 Å². The molecule has 0 spiro atoms. The zero-order chi connectivity index (χ0) is 29.6. The van der Waals surface area contributed by atoms with Crippen LogP contribution in [0.2, 0.25) is 0 Å². The summed E-state index contributed by atoms with van der Waals surface area (Å²) in [6.45, 7) is 4.93. The summed E-state index contributed by atoms with van der Waals surface area (Å²) in [4.78, 5) is 12.7. The van der Waals surface area contributed by atoms with Crippen LogP contribution in [0.4, 0.5) is 4.79 Å². The normalized spacial score (nSPS) is 14.4. The Kier molecular flexibility index (Phi) is 9.42. The lowest BCUT2D eigenvalue weighted by atomic mass is 10.0. The number of alkyl carbamates (subject to hydrolysis) is 1. The van der Waals surface area contributed by atoms with Crippen LogP contribution in [0.15, 0.2) is 77.7 Å². The number of sulfonamides is 1. The maximum Gasteiger partial charge on any atom is 0.407 e. The molecule has 0 unspecified atom stereocenters. The molecule has 1 aliphatic rings. The van der Waals surface area contributed by atoms with Crippen LogP contribution in [0.5, 0.6) is 17.2 Å². The Bertz CT molecular complexity index is 1420. The van der Waals surface area contributed by atoms with E-state index in [2.05, 4.69) is 5.32 Å². The van der Waals surface area contributed by atoms with E-state index in [0.717, 1.165) is 5.56 Å². The molecule has 0 aliphatic carbocycles. The van der Waals surface area contributed by atoms with Gasteiger partial charge >= 0.3 is 6.09 Å². The number of carbonyl (C=O) groups excluding carboxylic acids is 1. The maximum absolute atomic E-state index is 13.9. The van der Waals surface area contributed by atoms with Gasteiger partial charge in [0.2, 0.25) is 16.8 Å². The fourth-order valence-electron chi connectivity index (χ4n) is 4.33. The number of ether oxygens (including phenoxy) is 4. The van der Waals surface area contributed by atoms with Crippen LogP contribution in [0.25, 0.3) is 0 Å². The third-order valence-corrected chi connectivity index (χ3v) is 8.17. The number of amides is 1. The second kappa shape index (κ2) is 12.8. The van der Waals surface area contributed by atoms with E-state index in [1.165, 1.54) is 23.5 Å². The minimum atomic E-state index is -4.10. The van der Waals surface area contributed by atoms with Crippen molar-refractivity contribution in [3.8, 4) is 17.2 Å². The number of hydrogen-bond acceptors (Lipinski definition) is 8. The number of methoxy groups -OCH3 is 1. The van der Waals surface area contributed by atoms with Gasteiger partial charge in [-0.2, -0.15) is 4.31 Å². The highest BCUT2D eigenvalue weighted by Crippen LogP contribution is 2.33. The zero-order valence-corrected chi connectivity index (χ0v) is 24.4. The first-order chi connectivity index (χ1) is 19.4. The molecule has 0 fully saturated rings. The minimum absolute atomic E-state index is 0.0333. The lowest BCUT2D eigenvalue weighted by Gasteiger charge is -2.30. The van der Waals surface area contributed by atoms with Crippen molar-refractivity contribution >= 4 is 16.1 Å². The molecule has 0 saturated heterocycles. The molecule has 4 rings (SSSR count). The summed E-state index contributed by atoms with van der Waals surface area (Å²) in [6, 6.07) is 19.7. The fourth-order valence-corrected chi connectivity index (χ4v) is 5.78. The summed E-state index contributed by atoms with van der Waals surface area (Å²) >= 11 is 0. The number of benzene rings is 3. The van der Waals surface area contributed by atoms with Crippen molar-refractivity contribution < 1.29 is 37.3 Å². The van der Waals surface area contributed by atoms with Crippen LogP contribution in [0.1, 0.15) is 31.9 Å². The van der Waals surface area contributed by atoms with Crippen LogP contribution in [-0.2, 0) is 27.7 Å². The third-order valence-electron chi connectivity index (χ3n) is 6.35. The van der Waals surface area contributed by atoms with Crippen LogP contribution in [-0.4, -0.2) is 62.1 Å². The summed E-state index contributed by atoms with van der Waals surface area (Å²) in [5, 5.41) is 14.2. The SMILES string of the molecule is COc1ccc(S(=O)(=O)N(Cc2ccc3c(c2)OCO3)C[C@@H](O)[C@H](Cc2ccccc2)NC(=O)OC(C)(C)C)cc1. The molecule has 1 aliphatic heterocycles. The molecule has 0 radical (unpaired) electrons. The summed E-state index contributed by atoms with van der Waals surface area (Å²) in [5.41, 5.74) is 0.737. The Morgan fingerprint density at radius 2 is 1.68 bits per heavy atom. The highest BCUT2D eigenvalue weighted by atomic mass is 32.2. The molecule has 11 heteroatoms. The Morgan fingerprint density at radius 3 is 2.34 bits per heavy atom. The Balaban J connectivity index is 1.64. The van der Waals surface area contributed by atoms with Gasteiger partial charge in [-0.05, 0) is 74.7 Å². The van der Waals surface area contributed by atoms with Gasteiger partial charge in [-0.25, -0.2) is 13.2 Å². The molecular formula is C30H36N2O8S. The molecule has 3 aromatic rings. The van der Waals surface area contributed by atoms with Crippen molar-refractivity contribution in [2.75, 3.05) is 20.4 Å². The van der Waals surface area contributed by atoms with E-state index < -0.39 is 33.9 Å².